The number of rotatable bonds is 3. The molecule has 0 aliphatic heterocycles. The summed E-state index contributed by atoms with van der Waals surface area (Å²) in [5, 5.41) is 0. The van der Waals surface area contributed by atoms with Crippen LogP contribution >= 0.6 is 0 Å². The van der Waals surface area contributed by atoms with Crippen molar-refractivity contribution in [1.29, 1.82) is 0 Å². The van der Waals surface area contributed by atoms with Crippen molar-refractivity contribution in [2.45, 2.75) is 25.7 Å². The van der Waals surface area contributed by atoms with E-state index in [0.717, 1.165) is 47.9 Å². The van der Waals surface area contributed by atoms with Crippen molar-refractivity contribution in [2.24, 2.45) is 11.5 Å². The lowest BCUT2D eigenvalue weighted by atomic mass is 9.80. The van der Waals surface area contributed by atoms with Gasteiger partial charge in [-0.25, -0.2) is 0 Å². The van der Waals surface area contributed by atoms with E-state index in [1.54, 1.807) is 12.1 Å². The molecule has 4 heteroatoms. The summed E-state index contributed by atoms with van der Waals surface area (Å²) in [6.07, 6.45) is 7.43. The second-order valence-corrected chi connectivity index (χ2v) is 6.84. The summed E-state index contributed by atoms with van der Waals surface area (Å²) in [5.41, 5.74) is 19.2. The Hall–Kier alpha value is -3.14. The zero-order chi connectivity index (χ0) is 18.3. The Balaban J connectivity index is 1.63. The van der Waals surface area contributed by atoms with Crippen LogP contribution < -0.4 is 11.5 Å². The third-order valence-electron chi connectivity index (χ3n) is 5.36. The van der Waals surface area contributed by atoms with Crippen molar-refractivity contribution < 1.29 is 9.59 Å². The number of benzene rings is 2. The molecule has 0 heterocycles. The van der Waals surface area contributed by atoms with Gasteiger partial charge in [-0.1, -0.05) is 36.4 Å². The van der Waals surface area contributed by atoms with Gasteiger partial charge in [-0.05, 0) is 71.2 Å². The highest BCUT2D eigenvalue weighted by Gasteiger charge is 2.22. The minimum atomic E-state index is -0.372. The van der Waals surface area contributed by atoms with Gasteiger partial charge in [0.1, 0.15) is 0 Å². The molecule has 0 saturated carbocycles. The number of hydrogen-bond acceptors (Lipinski definition) is 2. The highest BCUT2D eigenvalue weighted by atomic mass is 16.1. The fourth-order valence-electron chi connectivity index (χ4n) is 4.04. The lowest BCUT2D eigenvalue weighted by Crippen LogP contribution is -2.19. The molecule has 0 atom stereocenters. The van der Waals surface area contributed by atoms with Gasteiger partial charge in [-0.2, -0.15) is 0 Å². The van der Waals surface area contributed by atoms with Crippen LogP contribution in [-0.2, 0) is 25.7 Å². The number of carbonyl (C=O) groups excluding carboxylic acids is 2. The lowest BCUT2D eigenvalue weighted by molar-refractivity contribution is 0.0991. The summed E-state index contributed by atoms with van der Waals surface area (Å²) in [5.74, 6) is -0.744. The van der Waals surface area contributed by atoms with Gasteiger partial charge in [0.05, 0.1) is 0 Å². The molecule has 4 nitrogen and oxygen atoms in total. The van der Waals surface area contributed by atoms with Gasteiger partial charge in [-0.15, -0.1) is 0 Å². The van der Waals surface area contributed by atoms with Crippen molar-refractivity contribution in [2.75, 3.05) is 0 Å². The molecule has 0 saturated heterocycles. The molecule has 0 fully saturated rings. The van der Waals surface area contributed by atoms with Gasteiger partial charge >= 0.3 is 0 Å². The Morgan fingerprint density at radius 1 is 0.692 bits per heavy atom. The topological polar surface area (TPSA) is 86.2 Å². The van der Waals surface area contributed by atoms with Crippen molar-refractivity contribution in [1.82, 2.24) is 0 Å². The third kappa shape index (κ3) is 2.73. The van der Waals surface area contributed by atoms with E-state index in [1.807, 2.05) is 12.1 Å². The molecule has 0 bridgehead atoms. The smallest absolute Gasteiger partial charge is 0.248 e. The van der Waals surface area contributed by atoms with E-state index in [1.165, 1.54) is 11.1 Å². The molecule has 0 unspecified atom stereocenters. The van der Waals surface area contributed by atoms with E-state index < -0.39 is 0 Å². The first-order valence-corrected chi connectivity index (χ1v) is 8.74. The zero-order valence-electron chi connectivity index (χ0n) is 14.4. The van der Waals surface area contributed by atoms with Gasteiger partial charge in [0, 0.05) is 11.1 Å². The van der Waals surface area contributed by atoms with Crippen molar-refractivity contribution in [3.63, 3.8) is 0 Å². The molecule has 0 spiro atoms. The van der Waals surface area contributed by atoms with Crippen LogP contribution in [0.15, 0.2) is 59.7 Å². The van der Waals surface area contributed by atoms with Crippen LogP contribution in [0.4, 0.5) is 0 Å². The number of fused-ring (bicyclic) bond motifs is 2. The van der Waals surface area contributed by atoms with Crippen LogP contribution in [-0.4, -0.2) is 11.8 Å². The fraction of sp³-hybridized carbons (Fsp3) is 0.182. The minimum Gasteiger partial charge on any atom is -0.366 e. The Morgan fingerprint density at radius 3 is 1.50 bits per heavy atom. The first-order valence-electron chi connectivity index (χ1n) is 8.74. The molecule has 0 radical (unpaired) electrons. The van der Waals surface area contributed by atoms with Gasteiger partial charge in [0.15, 0.2) is 0 Å². The summed E-state index contributed by atoms with van der Waals surface area (Å²) >= 11 is 0. The van der Waals surface area contributed by atoms with Gasteiger partial charge in [-0.3, -0.25) is 9.59 Å². The number of allylic oxidation sites excluding steroid dienone is 4. The van der Waals surface area contributed by atoms with E-state index in [-0.39, 0.29) is 11.8 Å². The Labute approximate surface area is 152 Å². The summed E-state index contributed by atoms with van der Waals surface area (Å²) in [4.78, 5) is 23.3. The Morgan fingerprint density at radius 2 is 1.12 bits per heavy atom. The van der Waals surface area contributed by atoms with Gasteiger partial charge in [0.2, 0.25) is 11.8 Å². The summed E-state index contributed by atoms with van der Waals surface area (Å²) in [6.45, 7) is 0. The van der Waals surface area contributed by atoms with Gasteiger partial charge < -0.3 is 11.5 Å². The van der Waals surface area contributed by atoms with Crippen LogP contribution in [0.1, 0.15) is 43.0 Å². The molecule has 2 aliphatic rings. The maximum atomic E-state index is 11.6. The zero-order valence-corrected chi connectivity index (χ0v) is 14.4. The molecule has 0 aromatic heterocycles. The molecule has 4 rings (SSSR count). The SMILES string of the molecule is NC(=O)c1cccc2c1CC=C(C1=CCc3c(cccc3C(N)=O)C1)C2. The largest absolute Gasteiger partial charge is 0.366 e. The van der Waals surface area contributed by atoms with Crippen LogP contribution in [0.3, 0.4) is 0 Å². The number of nitrogens with two attached hydrogens (primary N) is 2. The quantitative estimate of drug-likeness (QED) is 0.897. The standard InChI is InChI=1S/C22H20N2O2/c23-21(25)19-5-1-3-15-11-13(7-9-17(15)19)14-8-10-18-16(12-14)4-2-6-20(18)22(24)26/h1-8H,9-12H2,(H2,23,25)(H2,24,26). The van der Waals surface area contributed by atoms with Crippen LogP contribution in [0, 0.1) is 0 Å². The van der Waals surface area contributed by atoms with Crippen LogP contribution in [0.25, 0.3) is 0 Å². The molecule has 2 aromatic carbocycles. The van der Waals surface area contributed by atoms with E-state index in [4.69, 9.17) is 11.5 Å². The number of hydrogen-bond donors (Lipinski definition) is 2. The summed E-state index contributed by atoms with van der Waals surface area (Å²) in [7, 11) is 0. The minimum absolute atomic E-state index is 0.372. The van der Waals surface area contributed by atoms with Crippen LogP contribution in [0.2, 0.25) is 0 Å². The molecule has 2 amide bonds. The Kier molecular flexibility index (Phi) is 3.96. The van der Waals surface area contributed by atoms with Crippen molar-refractivity contribution >= 4 is 11.8 Å². The normalized spacial score (nSPS) is 15.4. The van der Waals surface area contributed by atoms with Crippen molar-refractivity contribution in [3.8, 4) is 0 Å². The highest BCUT2D eigenvalue weighted by molar-refractivity contribution is 5.95. The monoisotopic (exact) mass is 344 g/mol. The predicted molar refractivity (Wildman–Crippen MR) is 101 cm³/mol. The summed E-state index contributed by atoms with van der Waals surface area (Å²) < 4.78 is 0. The Bertz CT molecular complexity index is 918. The fourth-order valence-corrected chi connectivity index (χ4v) is 4.04. The molecular weight excluding hydrogens is 324 g/mol. The first-order chi connectivity index (χ1) is 12.5. The predicted octanol–water partition coefficient (Wildman–Crippen LogP) is 2.63. The molecule has 26 heavy (non-hydrogen) atoms. The molecular formula is C22H20N2O2. The van der Waals surface area contributed by atoms with Crippen molar-refractivity contribution in [3.05, 3.63) is 93.1 Å². The van der Waals surface area contributed by atoms with Crippen LogP contribution in [0.5, 0.6) is 0 Å². The molecule has 4 N–H and O–H groups in total. The molecule has 2 aliphatic carbocycles. The average molecular weight is 344 g/mol. The second-order valence-electron chi connectivity index (χ2n) is 6.84. The lowest BCUT2D eigenvalue weighted by Gasteiger charge is -2.25. The maximum absolute atomic E-state index is 11.6. The molecule has 2 aromatic rings. The first kappa shape index (κ1) is 16.3. The van der Waals surface area contributed by atoms with E-state index in [2.05, 4.69) is 24.3 Å². The van der Waals surface area contributed by atoms with E-state index >= 15 is 0 Å². The number of amides is 2. The number of primary amides is 2. The van der Waals surface area contributed by atoms with E-state index in [9.17, 15) is 9.59 Å². The average Bonchev–Trinajstić information content (AvgIpc) is 2.65. The number of carbonyl (C=O) groups is 2. The highest BCUT2D eigenvalue weighted by Crippen LogP contribution is 2.33. The maximum Gasteiger partial charge on any atom is 0.248 e. The molecule has 130 valence electrons. The van der Waals surface area contributed by atoms with Gasteiger partial charge in [0.25, 0.3) is 0 Å². The third-order valence-corrected chi connectivity index (χ3v) is 5.36. The second kappa shape index (κ2) is 6.30. The summed E-state index contributed by atoms with van der Waals surface area (Å²) in [6, 6.07) is 11.5. The van der Waals surface area contributed by atoms with E-state index in [0.29, 0.717) is 11.1 Å².